The second-order valence-electron chi connectivity index (χ2n) is 5.94. The molecule has 5 nitrogen and oxygen atoms in total. The lowest BCUT2D eigenvalue weighted by molar-refractivity contribution is 0.112. The lowest BCUT2D eigenvalue weighted by Gasteiger charge is -2.16. The van der Waals surface area contributed by atoms with Crippen molar-refractivity contribution in [3.63, 3.8) is 0 Å². The molecule has 0 N–H and O–H groups in total. The summed E-state index contributed by atoms with van der Waals surface area (Å²) in [5, 5.41) is 3.87. The van der Waals surface area contributed by atoms with Crippen LogP contribution in [0.2, 0.25) is 0 Å². The molecular formula is C20H21NO4. The summed E-state index contributed by atoms with van der Waals surface area (Å²) in [4.78, 5) is 13.0. The molecule has 0 spiro atoms. The maximum absolute atomic E-state index is 11.6. The van der Waals surface area contributed by atoms with Crippen LogP contribution in [0.1, 0.15) is 5.56 Å². The van der Waals surface area contributed by atoms with Crippen molar-refractivity contribution in [3.8, 4) is 11.5 Å². The number of carbonyl (C=O) groups excluding carboxylic acids is 1. The largest absolute Gasteiger partial charge is 0.495 e. The van der Waals surface area contributed by atoms with Gasteiger partial charge < -0.3 is 19.1 Å². The van der Waals surface area contributed by atoms with Gasteiger partial charge in [0.25, 0.3) is 0 Å². The van der Waals surface area contributed by atoms with E-state index in [2.05, 4.69) is 0 Å². The molecule has 5 heteroatoms. The van der Waals surface area contributed by atoms with Crippen LogP contribution in [0.3, 0.4) is 0 Å². The third kappa shape index (κ3) is 3.05. The summed E-state index contributed by atoms with van der Waals surface area (Å²) in [6.07, 6.45) is -0.372. The molecule has 0 heterocycles. The molecule has 3 rings (SSSR count). The molecule has 0 saturated heterocycles. The van der Waals surface area contributed by atoms with Crippen LogP contribution in [-0.4, -0.2) is 39.3 Å². The van der Waals surface area contributed by atoms with Crippen LogP contribution in [-0.2, 0) is 11.3 Å². The van der Waals surface area contributed by atoms with Crippen LogP contribution in [0.15, 0.2) is 42.5 Å². The number of fused-ring (bicyclic) bond motifs is 2. The molecular weight excluding hydrogens is 318 g/mol. The van der Waals surface area contributed by atoms with Crippen molar-refractivity contribution in [3.05, 3.63) is 48.0 Å². The van der Waals surface area contributed by atoms with Crippen LogP contribution in [0.5, 0.6) is 11.5 Å². The standard InChI is InChI=1S/C20H21NO4/c1-21(2)20(22)25-12-13-9-10-16-17(11-13)19(24-4)15-8-6-5-7-14(15)18(16)23-3/h5-11H,12H2,1-4H3. The van der Waals surface area contributed by atoms with Gasteiger partial charge in [0.1, 0.15) is 18.1 Å². The summed E-state index contributed by atoms with van der Waals surface area (Å²) in [5.74, 6) is 1.59. The fourth-order valence-electron chi connectivity index (χ4n) is 2.95. The number of nitrogens with zero attached hydrogens (tertiary/aromatic N) is 1. The van der Waals surface area contributed by atoms with E-state index in [0.29, 0.717) is 0 Å². The van der Waals surface area contributed by atoms with Crippen LogP contribution in [0, 0.1) is 0 Å². The van der Waals surface area contributed by atoms with Crippen molar-refractivity contribution < 1.29 is 19.0 Å². The Kier molecular flexibility index (Phi) is 4.65. The number of benzene rings is 3. The first-order valence-corrected chi connectivity index (χ1v) is 7.96. The maximum Gasteiger partial charge on any atom is 0.409 e. The summed E-state index contributed by atoms with van der Waals surface area (Å²) in [5.41, 5.74) is 0.887. The minimum Gasteiger partial charge on any atom is -0.495 e. The summed E-state index contributed by atoms with van der Waals surface area (Å²) in [6, 6.07) is 13.9. The van der Waals surface area contributed by atoms with E-state index >= 15 is 0 Å². The van der Waals surface area contributed by atoms with Crippen LogP contribution in [0.25, 0.3) is 21.5 Å². The number of rotatable bonds is 4. The average molecular weight is 339 g/mol. The molecule has 3 aromatic rings. The van der Waals surface area contributed by atoms with Crippen molar-refractivity contribution in [2.45, 2.75) is 6.61 Å². The number of methoxy groups -OCH3 is 2. The molecule has 0 atom stereocenters. The minimum atomic E-state index is -0.372. The third-order valence-electron chi connectivity index (χ3n) is 4.13. The molecule has 25 heavy (non-hydrogen) atoms. The van der Waals surface area contributed by atoms with Gasteiger partial charge in [-0.05, 0) is 11.6 Å². The summed E-state index contributed by atoms with van der Waals surface area (Å²) >= 11 is 0. The Morgan fingerprint density at radius 1 is 0.880 bits per heavy atom. The quantitative estimate of drug-likeness (QED) is 0.668. The number of amides is 1. The Balaban J connectivity index is 2.15. The summed E-state index contributed by atoms with van der Waals surface area (Å²) < 4.78 is 16.6. The number of carbonyl (C=O) groups is 1. The predicted octanol–water partition coefficient (Wildman–Crippen LogP) is 4.21. The first kappa shape index (κ1) is 16.9. The van der Waals surface area contributed by atoms with Gasteiger partial charge in [0.05, 0.1) is 14.2 Å². The predicted molar refractivity (Wildman–Crippen MR) is 98.4 cm³/mol. The number of hydrogen-bond donors (Lipinski definition) is 0. The molecule has 130 valence electrons. The molecule has 0 radical (unpaired) electrons. The molecule has 0 aromatic heterocycles. The maximum atomic E-state index is 11.6. The zero-order chi connectivity index (χ0) is 18.0. The van der Waals surface area contributed by atoms with Gasteiger partial charge in [0.15, 0.2) is 0 Å². The molecule has 0 saturated carbocycles. The Bertz CT molecular complexity index is 934. The van der Waals surface area contributed by atoms with E-state index in [1.165, 1.54) is 4.90 Å². The third-order valence-corrected chi connectivity index (χ3v) is 4.13. The van der Waals surface area contributed by atoms with Gasteiger partial charge in [0, 0.05) is 35.6 Å². The smallest absolute Gasteiger partial charge is 0.409 e. The Morgan fingerprint density at radius 2 is 1.44 bits per heavy atom. The first-order valence-electron chi connectivity index (χ1n) is 7.96. The zero-order valence-corrected chi connectivity index (χ0v) is 14.8. The lowest BCUT2D eigenvalue weighted by Crippen LogP contribution is -2.22. The van der Waals surface area contributed by atoms with Gasteiger partial charge in [-0.2, -0.15) is 0 Å². The van der Waals surface area contributed by atoms with Gasteiger partial charge in [0.2, 0.25) is 0 Å². The highest BCUT2D eigenvalue weighted by Crippen LogP contribution is 2.42. The van der Waals surface area contributed by atoms with Crippen molar-refractivity contribution in [2.24, 2.45) is 0 Å². The van der Waals surface area contributed by atoms with Crippen LogP contribution >= 0.6 is 0 Å². The van der Waals surface area contributed by atoms with Crippen molar-refractivity contribution in [1.29, 1.82) is 0 Å². The summed E-state index contributed by atoms with van der Waals surface area (Å²) in [7, 11) is 6.64. The van der Waals surface area contributed by atoms with E-state index < -0.39 is 0 Å². The van der Waals surface area contributed by atoms with E-state index in [1.807, 2.05) is 42.5 Å². The van der Waals surface area contributed by atoms with E-state index in [9.17, 15) is 4.79 Å². The van der Waals surface area contributed by atoms with Crippen molar-refractivity contribution in [1.82, 2.24) is 4.90 Å². The zero-order valence-electron chi connectivity index (χ0n) is 14.8. The SMILES string of the molecule is COc1c2ccccc2c(OC)c2cc(COC(=O)N(C)C)ccc12. The van der Waals surface area contributed by atoms with Crippen molar-refractivity contribution >= 4 is 27.6 Å². The summed E-state index contributed by atoms with van der Waals surface area (Å²) in [6.45, 7) is 0.200. The molecule has 0 bridgehead atoms. The average Bonchev–Trinajstić information content (AvgIpc) is 2.63. The van der Waals surface area contributed by atoms with E-state index in [-0.39, 0.29) is 12.7 Å². The van der Waals surface area contributed by atoms with Gasteiger partial charge >= 0.3 is 6.09 Å². The highest BCUT2D eigenvalue weighted by molar-refractivity contribution is 6.11. The van der Waals surface area contributed by atoms with Gasteiger partial charge in [-0.25, -0.2) is 4.79 Å². The lowest BCUT2D eigenvalue weighted by atomic mass is 9.99. The fourth-order valence-corrected chi connectivity index (χ4v) is 2.95. The fraction of sp³-hybridized carbons (Fsp3) is 0.250. The Morgan fingerprint density at radius 3 is 2.00 bits per heavy atom. The topological polar surface area (TPSA) is 48.0 Å². The second-order valence-corrected chi connectivity index (χ2v) is 5.94. The molecule has 0 aliphatic rings. The molecule has 1 amide bonds. The highest BCUT2D eigenvalue weighted by Gasteiger charge is 2.15. The van der Waals surface area contributed by atoms with Crippen molar-refractivity contribution in [2.75, 3.05) is 28.3 Å². The van der Waals surface area contributed by atoms with Crippen LogP contribution < -0.4 is 9.47 Å². The molecule has 0 unspecified atom stereocenters. The first-order chi connectivity index (χ1) is 12.1. The molecule has 0 aliphatic carbocycles. The van der Waals surface area contributed by atoms with Gasteiger partial charge in [-0.1, -0.05) is 36.4 Å². The second kappa shape index (κ2) is 6.89. The Hall–Kier alpha value is -2.95. The monoisotopic (exact) mass is 339 g/mol. The molecule has 3 aromatic carbocycles. The Labute approximate surface area is 146 Å². The van der Waals surface area contributed by atoms with Gasteiger partial charge in [-0.3, -0.25) is 0 Å². The minimum absolute atomic E-state index is 0.200. The number of ether oxygens (including phenoxy) is 3. The molecule has 0 aliphatic heterocycles. The van der Waals surface area contributed by atoms with Gasteiger partial charge in [-0.15, -0.1) is 0 Å². The van der Waals surface area contributed by atoms with E-state index in [4.69, 9.17) is 14.2 Å². The highest BCUT2D eigenvalue weighted by atomic mass is 16.6. The van der Waals surface area contributed by atoms with E-state index in [0.717, 1.165) is 38.6 Å². The number of hydrogen-bond acceptors (Lipinski definition) is 4. The molecule has 0 fully saturated rings. The normalized spacial score (nSPS) is 10.7. The van der Waals surface area contributed by atoms with E-state index in [1.54, 1.807) is 28.3 Å². The van der Waals surface area contributed by atoms with Crippen LogP contribution in [0.4, 0.5) is 4.79 Å².